The van der Waals surface area contributed by atoms with Gasteiger partial charge in [-0.05, 0) is 71.2 Å². The lowest BCUT2D eigenvalue weighted by molar-refractivity contribution is 0.102. The van der Waals surface area contributed by atoms with Crippen LogP contribution in [0.2, 0.25) is 0 Å². The van der Waals surface area contributed by atoms with Gasteiger partial charge in [0.25, 0.3) is 5.91 Å². The summed E-state index contributed by atoms with van der Waals surface area (Å²) in [7, 11) is 0. The molecular formula is C21H25N5O. The number of anilines is 1. The number of carbonyl (C=O) groups is 1. The van der Waals surface area contributed by atoms with Crippen LogP contribution in [-0.2, 0) is 5.54 Å². The van der Waals surface area contributed by atoms with E-state index in [9.17, 15) is 4.79 Å². The average molecular weight is 363 g/mol. The molecule has 6 heteroatoms. The zero-order valence-corrected chi connectivity index (χ0v) is 16.5. The summed E-state index contributed by atoms with van der Waals surface area (Å²) in [5.74, 6) is 0.833. The first-order valence-electron chi connectivity index (χ1n) is 9.39. The minimum absolute atomic E-state index is 0.168. The van der Waals surface area contributed by atoms with Crippen molar-refractivity contribution in [2.24, 2.45) is 0 Å². The third kappa shape index (κ3) is 3.31. The van der Waals surface area contributed by atoms with Crippen LogP contribution in [0.4, 0.5) is 5.82 Å². The first kappa shape index (κ1) is 17.6. The van der Waals surface area contributed by atoms with Crippen molar-refractivity contribution in [1.29, 1.82) is 0 Å². The topological polar surface area (TPSA) is 72.7 Å². The summed E-state index contributed by atoms with van der Waals surface area (Å²) in [6.07, 6.45) is 3.95. The highest BCUT2D eigenvalue weighted by Crippen LogP contribution is 2.41. The number of fused-ring (bicyclic) bond motifs is 1. The summed E-state index contributed by atoms with van der Waals surface area (Å²) in [4.78, 5) is 22.3. The highest BCUT2D eigenvalue weighted by atomic mass is 16.1. The number of pyridine rings is 2. The Morgan fingerprint density at radius 3 is 2.59 bits per heavy atom. The Kier molecular flexibility index (Phi) is 4.02. The van der Waals surface area contributed by atoms with Crippen molar-refractivity contribution in [2.45, 2.75) is 58.9 Å². The summed E-state index contributed by atoms with van der Waals surface area (Å²) < 4.78 is 1.94. The van der Waals surface area contributed by atoms with Crippen LogP contribution in [0.5, 0.6) is 0 Å². The van der Waals surface area contributed by atoms with E-state index < -0.39 is 0 Å². The van der Waals surface area contributed by atoms with Gasteiger partial charge in [0.2, 0.25) is 0 Å². The van der Waals surface area contributed by atoms with Gasteiger partial charge in [-0.15, -0.1) is 0 Å². The van der Waals surface area contributed by atoms with Crippen LogP contribution in [0.1, 0.15) is 66.8 Å². The first-order valence-corrected chi connectivity index (χ1v) is 9.39. The molecule has 0 radical (unpaired) electrons. The van der Waals surface area contributed by atoms with Gasteiger partial charge in [0.1, 0.15) is 5.82 Å². The van der Waals surface area contributed by atoms with Crippen molar-refractivity contribution in [3.63, 3.8) is 0 Å². The molecule has 1 aliphatic carbocycles. The fourth-order valence-electron chi connectivity index (χ4n) is 3.33. The van der Waals surface area contributed by atoms with Crippen LogP contribution in [0.15, 0.2) is 24.4 Å². The van der Waals surface area contributed by atoms with Crippen molar-refractivity contribution in [3.8, 4) is 0 Å². The molecule has 0 aromatic carbocycles. The summed E-state index contributed by atoms with van der Waals surface area (Å²) in [5.41, 5.74) is 4.04. The van der Waals surface area contributed by atoms with Crippen LogP contribution in [0, 0.1) is 13.8 Å². The zero-order valence-electron chi connectivity index (χ0n) is 16.5. The number of aryl methyl sites for hydroxylation is 2. The molecule has 3 heterocycles. The number of nitrogens with zero attached hydrogens (tertiary/aromatic N) is 4. The Labute approximate surface area is 159 Å². The Bertz CT molecular complexity index is 1040. The molecule has 3 aromatic rings. The summed E-state index contributed by atoms with van der Waals surface area (Å²) >= 11 is 0. The van der Waals surface area contributed by atoms with Crippen LogP contribution in [0.25, 0.3) is 11.0 Å². The van der Waals surface area contributed by atoms with E-state index in [1.807, 2.05) is 36.7 Å². The Balaban J connectivity index is 1.86. The molecule has 140 valence electrons. The smallest absolute Gasteiger partial charge is 0.257 e. The van der Waals surface area contributed by atoms with E-state index in [0.717, 1.165) is 40.8 Å². The molecule has 0 bridgehead atoms. The molecule has 1 N–H and O–H groups in total. The van der Waals surface area contributed by atoms with Gasteiger partial charge in [-0.25, -0.2) is 14.6 Å². The first-order chi connectivity index (χ1) is 12.7. The third-order valence-electron chi connectivity index (χ3n) is 4.87. The molecule has 4 rings (SSSR count). The molecule has 27 heavy (non-hydrogen) atoms. The van der Waals surface area contributed by atoms with E-state index in [1.54, 1.807) is 6.20 Å². The number of amides is 1. The molecule has 0 spiro atoms. The molecule has 1 saturated carbocycles. The number of nitrogens with one attached hydrogen (secondary N) is 1. The van der Waals surface area contributed by atoms with E-state index >= 15 is 0 Å². The maximum Gasteiger partial charge on any atom is 0.257 e. The van der Waals surface area contributed by atoms with E-state index in [0.29, 0.717) is 17.3 Å². The molecular weight excluding hydrogens is 338 g/mol. The average Bonchev–Trinajstić information content (AvgIpc) is 3.37. The Hall–Kier alpha value is -2.76. The van der Waals surface area contributed by atoms with E-state index in [-0.39, 0.29) is 11.4 Å². The highest BCUT2D eigenvalue weighted by molar-refractivity contribution is 6.12. The van der Waals surface area contributed by atoms with Crippen molar-refractivity contribution < 1.29 is 4.79 Å². The number of rotatable bonds is 3. The van der Waals surface area contributed by atoms with Crippen LogP contribution >= 0.6 is 0 Å². The normalized spacial score (nSPS) is 14.6. The van der Waals surface area contributed by atoms with E-state index in [1.165, 1.54) is 0 Å². The second-order valence-electron chi connectivity index (χ2n) is 8.41. The van der Waals surface area contributed by atoms with Gasteiger partial charge in [0.05, 0.1) is 22.2 Å². The van der Waals surface area contributed by atoms with Gasteiger partial charge in [-0.1, -0.05) is 0 Å². The van der Waals surface area contributed by atoms with Crippen LogP contribution < -0.4 is 5.32 Å². The molecule has 3 aromatic heterocycles. The minimum atomic E-state index is -0.215. The molecule has 1 amide bonds. The predicted molar refractivity (Wildman–Crippen MR) is 106 cm³/mol. The summed E-state index contributed by atoms with van der Waals surface area (Å²) in [6, 6.07) is 5.71. The summed E-state index contributed by atoms with van der Waals surface area (Å²) in [5, 5.41) is 8.46. The van der Waals surface area contributed by atoms with Gasteiger partial charge in [-0.3, -0.25) is 4.79 Å². The predicted octanol–water partition coefficient (Wildman–Crippen LogP) is 4.33. The van der Waals surface area contributed by atoms with E-state index in [4.69, 9.17) is 10.1 Å². The second kappa shape index (κ2) is 6.15. The molecule has 1 aliphatic rings. The molecule has 0 unspecified atom stereocenters. The molecule has 6 nitrogen and oxygen atoms in total. The number of hydrogen-bond donors (Lipinski definition) is 1. The van der Waals surface area contributed by atoms with Crippen molar-refractivity contribution >= 4 is 22.8 Å². The van der Waals surface area contributed by atoms with Crippen LogP contribution in [0.3, 0.4) is 0 Å². The fraction of sp³-hybridized carbons (Fsp3) is 0.429. The largest absolute Gasteiger partial charge is 0.307 e. The monoisotopic (exact) mass is 363 g/mol. The quantitative estimate of drug-likeness (QED) is 0.752. The Morgan fingerprint density at radius 1 is 1.22 bits per heavy atom. The maximum atomic E-state index is 13.1. The number of hydrogen-bond acceptors (Lipinski definition) is 4. The molecule has 0 aliphatic heterocycles. The lowest BCUT2D eigenvalue weighted by Crippen LogP contribution is -2.24. The third-order valence-corrected chi connectivity index (χ3v) is 4.87. The SMILES string of the molecule is Cc1ccnc(NC(=O)c2cc(C3CC3)nc3c2c(C)nn3C(C)(C)C)c1. The van der Waals surface area contributed by atoms with Crippen molar-refractivity contribution in [3.05, 3.63) is 46.9 Å². The van der Waals surface area contributed by atoms with Crippen LogP contribution in [-0.4, -0.2) is 25.7 Å². The molecule has 1 fully saturated rings. The van der Waals surface area contributed by atoms with Gasteiger partial charge in [0, 0.05) is 17.8 Å². The molecule has 0 saturated heterocycles. The Morgan fingerprint density at radius 2 is 1.96 bits per heavy atom. The van der Waals surface area contributed by atoms with Gasteiger partial charge in [-0.2, -0.15) is 5.10 Å². The number of aromatic nitrogens is 4. The lowest BCUT2D eigenvalue weighted by Gasteiger charge is -2.20. The fourth-order valence-corrected chi connectivity index (χ4v) is 3.33. The van der Waals surface area contributed by atoms with Gasteiger partial charge >= 0.3 is 0 Å². The zero-order chi connectivity index (χ0) is 19.3. The second-order valence-corrected chi connectivity index (χ2v) is 8.41. The van der Waals surface area contributed by atoms with Crippen molar-refractivity contribution in [1.82, 2.24) is 19.7 Å². The standard InChI is InChI=1S/C21H25N5O/c1-12-8-9-22-17(10-12)24-20(27)15-11-16(14-6-7-14)23-19-18(15)13(2)25-26(19)21(3,4)5/h8-11,14H,6-7H2,1-5H3,(H,22,24,27). The molecule has 0 atom stereocenters. The van der Waals surface area contributed by atoms with Gasteiger partial charge in [0.15, 0.2) is 5.65 Å². The number of carbonyl (C=O) groups excluding carboxylic acids is 1. The summed E-state index contributed by atoms with van der Waals surface area (Å²) in [6.45, 7) is 10.2. The highest BCUT2D eigenvalue weighted by Gasteiger charge is 2.30. The minimum Gasteiger partial charge on any atom is -0.307 e. The van der Waals surface area contributed by atoms with E-state index in [2.05, 4.69) is 31.1 Å². The van der Waals surface area contributed by atoms with Crippen molar-refractivity contribution in [2.75, 3.05) is 5.32 Å². The maximum absolute atomic E-state index is 13.1. The lowest BCUT2D eigenvalue weighted by atomic mass is 10.1. The van der Waals surface area contributed by atoms with Gasteiger partial charge < -0.3 is 5.32 Å².